The van der Waals surface area contributed by atoms with E-state index in [1.165, 1.54) is 53.4 Å². The van der Waals surface area contributed by atoms with Gasteiger partial charge in [-0.2, -0.15) is 0 Å². The number of hydrogen-bond acceptors (Lipinski definition) is 5. The quantitative estimate of drug-likeness (QED) is 0.191. The summed E-state index contributed by atoms with van der Waals surface area (Å²) < 4.78 is 9.04. The Bertz CT molecular complexity index is 3180. The number of benzene rings is 8. The summed E-state index contributed by atoms with van der Waals surface area (Å²) in [4.78, 5) is 10.5. The van der Waals surface area contributed by atoms with Crippen molar-refractivity contribution in [2.75, 3.05) is 0 Å². The Balaban J connectivity index is 1.01. The Morgan fingerprint density at radius 1 is 0.421 bits per heavy atom. The van der Waals surface area contributed by atoms with Gasteiger partial charge in [-0.25, -0.2) is 9.98 Å². The van der Waals surface area contributed by atoms with Crippen LogP contribution in [0.2, 0.25) is 0 Å². The molecule has 0 radical (unpaired) electrons. The van der Waals surface area contributed by atoms with E-state index in [1.54, 1.807) is 0 Å². The molecule has 0 atom stereocenters. The number of fused-ring (bicyclic) bond motifs is 9. The lowest BCUT2D eigenvalue weighted by molar-refractivity contribution is 0.668. The Morgan fingerprint density at radius 3 is 1.70 bits per heavy atom. The third-order valence-electron chi connectivity index (χ3n) is 11.6. The van der Waals surface area contributed by atoms with Crippen LogP contribution < -0.4 is 5.32 Å². The minimum atomic E-state index is -0.417. The van der Waals surface area contributed by atoms with Crippen molar-refractivity contribution < 1.29 is 4.42 Å². The predicted octanol–water partition coefficient (Wildman–Crippen LogP) is 13.3. The predicted molar refractivity (Wildman–Crippen MR) is 237 cm³/mol. The van der Waals surface area contributed by atoms with E-state index in [4.69, 9.17) is 14.4 Å². The molecule has 268 valence electrons. The second-order valence-electron chi connectivity index (χ2n) is 14.9. The maximum absolute atomic E-state index is 6.57. The van der Waals surface area contributed by atoms with E-state index < -0.39 is 6.17 Å². The molecule has 0 spiro atoms. The molecule has 0 bridgehead atoms. The molecule has 57 heavy (non-hydrogen) atoms. The summed E-state index contributed by atoms with van der Waals surface area (Å²) >= 11 is 1.82. The molecule has 1 N–H and O–H groups in total. The Kier molecular flexibility index (Phi) is 7.19. The monoisotopic (exact) mass is 747 g/mol. The molecule has 5 heteroatoms. The van der Waals surface area contributed by atoms with Crippen LogP contribution in [0.25, 0.3) is 64.4 Å². The van der Waals surface area contributed by atoms with Gasteiger partial charge in [0.25, 0.3) is 0 Å². The molecule has 0 fully saturated rings. The Hall–Kier alpha value is -7.08. The second-order valence-corrected chi connectivity index (χ2v) is 15.9. The van der Waals surface area contributed by atoms with Crippen molar-refractivity contribution in [1.29, 1.82) is 0 Å². The molecule has 0 unspecified atom stereocenters. The van der Waals surface area contributed by atoms with Crippen LogP contribution in [-0.4, -0.2) is 11.7 Å². The highest BCUT2D eigenvalue weighted by Gasteiger charge is 2.31. The largest absolute Gasteiger partial charge is 0.456 e. The minimum absolute atomic E-state index is 0.127. The van der Waals surface area contributed by atoms with Crippen molar-refractivity contribution in [2.45, 2.75) is 12.1 Å². The van der Waals surface area contributed by atoms with E-state index >= 15 is 0 Å². The van der Waals surface area contributed by atoms with E-state index in [1.807, 2.05) is 47.7 Å². The molecule has 1 aliphatic carbocycles. The van der Waals surface area contributed by atoms with Gasteiger partial charge >= 0.3 is 0 Å². The summed E-state index contributed by atoms with van der Waals surface area (Å²) in [6, 6.07) is 65.0. The molecule has 1 aliphatic heterocycles. The lowest BCUT2D eigenvalue weighted by Gasteiger charge is -2.23. The third kappa shape index (κ3) is 5.13. The lowest BCUT2D eigenvalue weighted by Crippen LogP contribution is -2.36. The van der Waals surface area contributed by atoms with Crippen molar-refractivity contribution in [2.24, 2.45) is 9.98 Å². The number of nitrogens with one attached hydrogen (secondary N) is 1. The first-order chi connectivity index (χ1) is 28.2. The molecular weight excluding hydrogens is 715 g/mol. The average Bonchev–Trinajstić information content (AvgIpc) is 3.96. The number of nitrogens with zero attached hydrogens (tertiary/aromatic N) is 2. The number of amidine groups is 2. The SMILES string of the molecule is c1ccc(C2=NC(c3cccc4sc5ccc(-c6ccc7oc8cccc(C9c%10ccccc%10-c%10ccccc%109)c8c7c6)cc5c34)N=C(c3ccccc3)N2)cc1. The number of furan rings is 1. The smallest absolute Gasteiger partial charge is 0.170 e. The third-order valence-corrected chi connectivity index (χ3v) is 12.8. The van der Waals surface area contributed by atoms with Crippen molar-refractivity contribution in [3.63, 3.8) is 0 Å². The fourth-order valence-electron chi connectivity index (χ4n) is 9.09. The van der Waals surface area contributed by atoms with Crippen molar-refractivity contribution in [1.82, 2.24) is 5.32 Å². The van der Waals surface area contributed by atoms with Crippen LogP contribution in [0.3, 0.4) is 0 Å². The maximum Gasteiger partial charge on any atom is 0.170 e. The molecule has 8 aromatic carbocycles. The highest BCUT2D eigenvalue weighted by molar-refractivity contribution is 7.25. The molecule has 0 saturated heterocycles. The number of hydrogen-bond donors (Lipinski definition) is 1. The molecule has 0 saturated carbocycles. The van der Waals surface area contributed by atoms with E-state index in [0.717, 1.165) is 56.0 Å². The van der Waals surface area contributed by atoms with Gasteiger partial charge in [-0.3, -0.25) is 0 Å². The van der Waals surface area contributed by atoms with Crippen LogP contribution in [0.1, 0.15) is 45.5 Å². The van der Waals surface area contributed by atoms with Gasteiger partial charge in [0.2, 0.25) is 0 Å². The molecule has 12 rings (SSSR count). The van der Waals surface area contributed by atoms with E-state index in [0.29, 0.717) is 0 Å². The van der Waals surface area contributed by atoms with E-state index in [-0.39, 0.29) is 5.92 Å². The molecule has 4 nitrogen and oxygen atoms in total. The number of thiophene rings is 1. The second kappa shape index (κ2) is 12.7. The first-order valence-corrected chi connectivity index (χ1v) is 20.2. The summed E-state index contributed by atoms with van der Waals surface area (Å²) in [5, 5.41) is 8.28. The van der Waals surface area contributed by atoms with Crippen molar-refractivity contribution in [3.05, 3.63) is 215 Å². The molecule has 2 aromatic heterocycles. The van der Waals surface area contributed by atoms with Gasteiger partial charge in [0.05, 0.1) is 0 Å². The zero-order chi connectivity index (χ0) is 37.5. The van der Waals surface area contributed by atoms with Gasteiger partial charge in [-0.1, -0.05) is 146 Å². The first-order valence-electron chi connectivity index (χ1n) is 19.4. The highest BCUT2D eigenvalue weighted by Crippen LogP contribution is 2.51. The Morgan fingerprint density at radius 2 is 1.00 bits per heavy atom. The van der Waals surface area contributed by atoms with Crippen molar-refractivity contribution >= 4 is 65.1 Å². The zero-order valence-corrected chi connectivity index (χ0v) is 31.5. The van der Waals surface area contributed by atoms with Crippen molar-refractivity contribution in [3.8, 4) is 22.3 Å². The maximum atomic E-state index is 6.57. The molecule has 0 amide bonds. The summed E-state index contributed by atoms with van der Waals surface area (Å²) in [6.45, 7) is 0. The summed E-state index contributed by atoms with van der Waals surface area (Å²) in [5.41, 5.74) is 13.9. The summed E-state index contributed by atoms with van der Waals surface area (Å²) in [6.07, 6.45) is -0.417. The highest BCUT2D eigenvalue weighted by atomic mass is 32.1. The normalized spacial score (nSPS) is 14.2. The fraction of sp³-hybridized carbons (Fsp3) is 0.0385. The van der Waals surface area contributed by atoms with Gasteiger partial charge in [0.15, 0.2) is 6.17 Å². The van der Waals surface area contributed by atoms with E-state index in [9.17, 15) is 0 Å². The van der Waals surface area contributed by atoms with Gasteiger partial charge in [-0.05, 0) is 75.3 Å². The zero-order valence-electron chi connectivity index (χ0n) is 30.7. The summed E-state index contributed by atoms with van der Waals surface area (Å²) in [7, 11) is 0. The molecule has 3 heterocycles. The van der Waals surface area contributed by atoms with Crippen LogP contribution in [0.4, 0.5) is 0 Å². The minimum Gasteiger partial charge on any atom is -0.456 e. The average molecular weight is 748 g/mol. The number of aliphatic imine (C=N–C) groups is 2. The van der Waals surface area contributed by atoms with Gasteiger partial charge < -0.3 is 9.73 Å². The van der Waals surface area contributed by atoms with Crippen LogP contribution in [0.15, 0.2) is 196 Å². The summed E-state index contributed by atoms with van der Waals surface area (Å²) in [5.74, 6) is 1.76. The lowest BCUT2D eigenvalue weighted by atomic mass is 9.86. The van der Waals surface area contributed by atoms with Crippen LogP contribution >= 0.6 is 11.3 Å². The van der Waals surface area contributed by atoms with Gasteiger partial charge in [0.1, 0.15) is 22.8 Å². The van der Waals surface area contributed by atoms with Gasteiger partial charge in [-0.15, -0.1) is 11.3 Å². The molecule has 2 aliphatic rings. The molecule has 10 aromatic rings. The first kappa shape index (κ1) is 32.2. The van der Waals surface area contributed by atoms with Crippen LogP contribution in [0, 0.1) is 0 Å². The fourth-order valence-corrected chi connectivity index (χ4v) is 10.2. The van der Waals surface area contributed by atoms with Crippen LogP contribution in [-0.2, 0) is 0 Å². The topological polar surface area (TPSA) is 49.9 Å². The van der Waals surface area contributed by atoms with E-state index in [2.05, 4.69) is 151 Å². The Labute approximate surface area is 333 Å². The standard InChI is InChI=1S/C52H33N3OS/c1-3-13-31(14-4-1)50-53-51(32-15-5-2-6-16-32)55-52(54-50)40-22-12-24-46-49(40)42-30-34(26-28-45(42)57-46)33-25-27-43-41(29-33)48-39(21-11-23-44(48)56-43)47-37-19-9-7-17-35(37)36-18-8-10-20-38(36)47/h1-30,47,52H,(H,53,54,55). The number of rotatable bonds is 5. The van der Waals surface area contributed by atoms with Gasteiger partial charge in [0, 0.05) is 53.6 Å². The molecular formula is C52H33N3OS. The van der Waals surface area contributed by atoms with Crippen LogP contribution in [0.5, 0.6) is 0 Å².